The third-order valence-corrected chi connectivity index (χ3v) is 4.22. The van der Waals surface area contributed by atoms with Crippen LogP contribution in [0.25, 0.3) is 0 Å². The van der Waals surface area contributed by atoms with E-state index >= 15 is 0 Å². The molecule has 17 heavy (non-hydrogen) atoms. The van der Waals surface area contributed by atoms with Gasteiger partial charge < -0.3 is 10.2 Å². The maximum Gasteiger partial charge on any atom is 0.0326 e. The second kappa shape index (κ2) is 5.51. The van der Waals surface area contributed by atoms with Crippen LogP contribution in [0.2, 0.25) is 0 Å². The zero-order valence-electron chi connectivity index (χ0n) is 10.8. The smallest absolute Gasteiger partial charge is 0.0326 e. The molecule has 0 heterocycles. The highest BCUT2D eigenvalue weighted by molar-refractivity contribution is 9.10. The normalized spacial score (nSPS) is 20.6. The van der Waals surface area contributed by atoms with Gasteiger partial charge in [0.05, 0.1) is 0 Å². The Labute approximate surface area is 113 Å². The van der Waals surface area contributed by atoms with Crippen LogP contribution in [0.4, 0.5) is 0 Å². The first-order valence-electron chi connectivity index (χ1n) is 6.26. The molecule has 2 atom stereocenters. The molecular weight excluding hydrogens is 276 g/mol. The molecule has 0 spiro atoms. The molecule has 1 aromatic carbocycles. The molecule has 1 aliphatic carbocycles. The monoisotopic (exact) mass is 296 g/mol. The lowest BCUT2D eigenvalue weighted by Gasteiger charge is -2.23. The van der Waals surface area contributed by atoms with Gasteiger partial charge in [0.15, 0.2) is 0 Å². The average molecular weight is 297 g/mol. The van der Waals surface area contributed by atoms with Crippen LogP contribution < -0.4 is 5.32 Å². The van der Waals surface area contributed by atoms with Gasteiger partial charge in [-0.3, -0.25) is 0 Å². The lowest BCUT2D eigenvalue weighted by Crippen LogP contribution is -2.36. The van der Waals surface area contributed by atoms with Crippen molar-refractivity contribution >= 4 is 15.9 Å². The maximum atomic E-state index is 3.68. The van der Waals surface area contributed by atoms with Gasteiger partial charge in [0.1, 0.15) is 0 Å². The standard InChI is InChI=1S/C14H21BrN2/c1-10(17(2)3)9-16-14-7-4-11-8-12(15)5-6-13(11)14/h5-6,8,10,14,16H,4,7,9H2,1-3H3. The minimum atomic E-state index is 0.542. The van der Waals surface area contributed by atoms with E-state index in [1.165, 1.54) is 28.4 Å². The average Bonchev–Trinajstić information content (AvgIpc) is 2.67. The van der Waals surface area contributed by atoms with Crippen molar-refractivity contribution in [2.45, 2.75) is 31.8 Å². The predicted molar refractivity (Wildman–Crippen MR) is 76.4 cm³/mol. The summed E-state index contributed by atoms with van der Waals surface area (Å²) in [4.78, 5) is 2.25. The molecule has 0 aromatic heterocycles. The zero-order chi connectivity index (χ0) is 12.4. The first-order chi connectivity index (χ1) is 8.08. The fourth-order valence-corrected chi connectivity index (χ4v) is 2.70. The Morgan fingerprint density at radius 2 is 2.24 bits per heavy atom. The molecule has 0 aliphatic heterocycles. The van der Waals surface area contributed by atoms with E-state index in [1.54, 1.807) is 0 Å². The Kier molecular flexibility index (Phi) is 4.23. The van der Waals surface area contributed by atoms with Gasteiger partial charge in [-0.2, -0.15) is 0 Å². The lowest BCUT2D eigenvalue weighted by molar-refractivity contribution is 0.293. The van der Waals surface area contributed by atoms with Crippen molar-refractivity contribution in [3.8, 4) is 0 Å². The van der Waals surface area contributed by atoms with E-state index < -0.39 is 0 Å². The molecule has 2 nitrogen and oxygen atoms in total. The summed E-state index contributed by atoms with van der Waals surface area (Å²) in [6, 6.07) is 7.78. The number of nitrogens with zero attached hydrogens (tertiary/aromatic N) is 1. The molecule has 0 saturated carbocycles. The van der Waals surface area contributed by atoms with Crippen LogP contribution in [0.5, 0.6) is 0 Å². The molecule has 0 saturated heterocycles. The fraction of sp³-hybridized carbons (Fsp3) is 0.571. The second-order valence-electron chi connectivity index (χ2n) is 5.16. The molecule has 3 heteroatoms. The van der Waals surface area contributed by atoms with Crippen LogP contribution in [0.3, 0.4) is 0 Å². The number of benzene rings is 1. The number of rotatable bonds is 4. The summed E-state index contributed by atoms with van der Waals surface area (Å²) in [7, 11) is 4.26. The summed E-state index contributed by atoms with van der Waals surface area (Å²) >= 11 is 3.54. The first-order valence-corrected chi connectivity index (χ1v) is 7.05. The van der Waals surface area contributed by atoms with Crippen molar-refractivity contribution < 1.29 is 0 Å². The van der Waals surface area contributed by atoms with Gasteiger partial charge >= 0.3 is 0 Å². The van der Waals surface area contributed by atoms with Crippen molar-refractivity contribution in [2.24, 2.45) is 0 Å². The van der Waals surface area contributed by atoms with Crippen molar-refractivity contribution in [2.75, 3.05) is 20.6 Å². The Hall–Kier alpha value is -0.380. The lowest BCUT2D eigenvalue weighted by atomic mass is 10.1. The number of fused-ring (bicyclic) bond motifs is 1. The van der Waals surface area contributed by atoms with Crippen LogP contribution in [0.1, 0.15) is 30.5 Å². The van der Waals surface area contributed by atoms with Crippen LogP contribution in [-0.4, -0.2) is 31.6 Å². The van der Waals surface area contributed by atoms with E-state index in [2.05, 4.69) is 65.4 Å². The highest BCUT2D eigenvalue weighted by Gasteiger charge is 2.22. The van der Waals surface area contributed by atoms with Crippen LogP contribution in [0, 0.1) is 0 Å². The van der Waals surface area contributed by atoms with E-state index in [0.29, 0.717) is 12.1 Å². The Balaban J connectivity index is 1.98. The highest BCUT2D eigenvalue weighted by atomic mass is 79.9. The minimum Gasteiger partial charge on any atom is -0.308 e. The summed E-state index contributed by atoms with van der Waals surface area (Å²) in [5, 5.41) is 3.68. The maximum absolute atomic E-state index is 3.68. The topological polar surface area (TPSA) is 15.3 Å². The van der Waals surface area contributed by atoms with Crippen LogP contribution >= 0.6 is 15.9 Å². The Morgan fingerprint density at radius 1 is 1.47 bits per heavy atom. The molecular formula is C14H21BrN2. The van der Waals surface area contributed by atoms with Crippen LogP contribution in [-0.2, 0) is 6.42 Å². The fourth-order valence-electron chi connectivity index (χ4n) is 2.29. The molecule has 1 aliphatic rings. The quantitative estimate of drug-likeness (QED) is 0.919. The molecule has 1 aromatic rings. The van der Waals surface area contributed by atoms with E-state index in [0.717, 1.165) is 6.54 Å². The van der Waals surface area contributed by atoms with E-state index in [-0.39, 0.29) is 0 Å². The van der Waals surface area contributed by atoms with E-state index in [1.807, 2.05) is 0 Å². The highest BCUT2D eigenvalue weighted by Crippen LogP contribution is 2.32. The first kappa shape index (κ1) is 13.1. The van der Waals surface area contributed by atoms with Gasteiger partial charge in [0.25, 0.3) is 0 Å². The molecule has 0 bridgehead atoms. The summed E-state index contributed by atoms with van der Waals surface area (Å²) in [6.07, 6.45) is 2.43. The molecule has 1 N–H and O–H groups in total. The summed E-state index contributed by atoms with van der Waals surface area (Å²) < 4.78 is 1.19. The molecule has 0 radical (unpaired) electrons. The third-order valence-electron chi connectivity index (χ3n) is 3.72. The number of aryl methyl sites for hydroxylation is 1. The van der Waals surface area contributed by atoms with E-state index in [4.69, 9.17) is 0 Å². The third kappa shape index (κ3) is 3.09. The Bertz CT molecular complexity index is 390. The number of hydrogen-bond acceptors (Lipinski definition) is 2. The number of nitrogens with one attached hydrogen (secondary N) is 1. The summed E-state index contributed by atoms with van der Waals surface area (Å²) in [5.74, 6) is 0. The predicted octanol–water partition coefficient (Wildman–Crippen LogP) is 2.98. The van der Waals surface area contributed by atoms with Gasteiger partial charge in [-0.15, -0.1) is 0 Å². The van der Waals surface area contributed by atoms with E-state index in [9.17, 15) is 0 Å². The molecule has 0 amide bonds. The van der Waals surface area contributed by atoms with Gasteiger partial charge in [0.2, 0.25) is 0 Å². The van der Waals surface area contributed by atoms with Gasteiger partial charge in [-0.25, -0.2) is 0 Å². The molecule has 94 valence electrons. The minimum absolute atomic E-state index is 0.542. The number of halogens is 1. The largest absolute Gasteiger partial charge is 0.308 e. The zero-order valence-corrected chi connectivity index (χ0v) is 12.4. The molecule has 2 unspecified atom stereocenters. The van der Waals surface area contributed by atoms with Crippen LogP contribution in [0.15, 0.2) is 22.7 Å². The Morgan fingerprint density at radius 3 is 2.94 bits per heavy atom. The number of likely N-dealkylation sites (N-methyl/N-ethyl adjacent to an activating group) is 1. The van der Waals surface area contributed by atoms with Crippen molar-refractivity contribution in [3.05, 3.63) is 33.8 Å². The van der Waals surface area contributed by atoms with Crippen molar-refractivity contribution in [3.63, 3.8) is 0 Å². The number of hydrogen-bond donors (Lipinski definition) is 1. The summed E-state index contributed by atoms with van der Waals surface area (Å²) in [5.41, 5.74) is 2.98. The van der Waals surface area contributed by atoms with Gasteiger partial charge in [-0.1, -0.05) is 22.0 Å². The van der Waals surface area contributed by atoms with Crippen molar-refractivity contribution in [1.29, 1.82) is 0 Å². The van der Waals surface area contributed by atoms with Gasteiger partial charge in [-0.05, 0) is 57.1 Å². The SMILES string of the molecule is CC(CNC1CCc2cc(Br)ccc21)N(C)C. The second-order valence-corrected chi connectivity index (χ2v) is 6.07. The summed E-state index contributed by atoms with van der Waals surface area (Å²) in [6.45, 7) is 3.30. The van der Waals surface area contributed by atoms with Crippen molar-refractivity contribution in [1.82, 2.24) is 10.2 Å². The molecule has 2 rings (SSSR count). The van der Waals surface area contributed by atoms with Gasteiger partial charge in [0, 0.05) is 23.1 Å². The molecule has 0 fully saturated rings.